The van der Waals surface area contributed by atoms with Gasteiger partial charge in [0.15, 0.2) is 0 Å². The summed E-state index contributed by atoms with van der Waals surface area (Å²) in [6.45, 7) is 0.406. The Hall–Kier alpha value is -3.16. The lowest BCUT2D eigenvalue weighted by atomic mass is 10.1. The number of carbonyl (C=O) groups is 1. The zero-order chi connectivity index (χ0) is 22.7. The molecular formula is C25H25NO5S. The molecule has 32 heavy (non-hydrogen) atoms. The van der Waals surface area contributed by atoms with E-state index in [0.717, 1.165) is 22.3 Å². The highest BCUT2D eigenvalue weighted by atomic mass is 32.2. The van der Waals surface area contributed by atoms with E-state index in [1.54, 1.807) is 32.4 Å². The van der Waals surface area contributed by atoms with E-state index in [0.29, 0.717) is 17.9 Å². The van der Waals surface area contributed by atoms with Crippen molar-refractivity contribution in [3.63, 3.8) is 0 Å². The molecule has 0 aliphatic heterocycles. The van der Waals surface area contributed by atoms with Crippen LogP contribution in [0.3, 0.4) is 0 Å². The molecule has 1 aliphatic rings. The van der Waals surface area contributed by atoms with Crippen molar-refractivity contribution in [3.05, 3.63) is 89.0 Å². The predicted octanol–water partition coefficient (Wildman–Crippen LogP) is 3.76. The molecule has 3 aromatic carbocycles. The first-order chi connectivity index (χ1) is 15.4. The molecule has 0 aromatic heterocycles. The number of sulfonamides is 1. The second-order valence-corrected chi connectivity index (χ2v) is 9.73. The Bertz CT molecular complexity index is 1170. The van der Waals surface area contributed by atoms with Crippen LogP contribution in [0.1, 0.15) is 22.3 Å². The number of Topliss-reactive ketones (excluding diaryl/α,β-unsaturated/α-hetero) is 1. The highest BCUT2D eigenvalue weighted by Gasteiger charge is 2.28. The smallest absolute Gasteiger partial charge is 0.243 e. The van der Waals surface area contributed by atoms with Crippen LogP contribution in [-0.4, -0.2) is 32.7 Å². The Morgan fingerprint density at radius 3 is 1.75 bits per heavy atom. The lowest BCUT2D eigenvalue weighted by Gasteiger charge is -2.23. The number of rotatable bonds is 8. The van der Waals surface area contributed by atoms with Gasteiger partial charge in [0.2, 0.25) is 10.0 Å². The SMILES string of the molecule is COc1ccc(CN(Cc2ccc(OC)cc2)S(=O)(=O)c2ccc3c(c2)CC(=O)C3)cc1. The van der Waals surface area contributed by atoms with Gasteiger partial charge in [-0.05, 0) is 58.7 Å². The molecule has 0 bridgehead atoms. The van der Waals surface area contributed by atoms with E-state index in [2.05, 4.69) is 0 Å². The minimum Gasteiger partial charge on any atom is -0.497 e. The molecule has 0 amide bonds. The molecule has 1 aliphatic carbocycles. The molecule has 166 valence electrons. The first kappa shape index (κ1) is 22.0. The number of carbonyl (C=O) groups excluding carboxylic acids is 1. The third kappa shape index (κ3) is 4.69. The maximum absolute atomic E-state index is 13.7. The summed E-state index contributed by atoms with van der Waals surface area (Å²) in [5.74, 6) is 1.53. The number of hydrogen-bond donors (Lipinski definition) is 0. The quantitative estimate of drug-likeness (QED) is 0.521. The van der Waals surface area contributed by atoms with Crippen LogP contribution in [0.25, 0.3) is 0 Å². The van der Waals surface area contributed by atoms with Gasteiger partial charge in [0.05, 0.1) is 19.1 Å². The predicted molar refractivity (Wildman–Crippen MR) is 121 cm³/mol. The van der Waals surface area contributed by atoms with Crippen LogP contribution in [0.15, 0.2) is 71.6 Å². The summed E-state index contributed by atoms with van der Waals surface area (Å²) in [7, 11) is -0.626. The summed E-state index contributed by atoms with van der Waals surface area (Å²) in [5, 5.41) is 0. The number of methoxy groups -OCH3 is 2. The van der Waals surface area contributed by atoms with Crippen molar-refractivity contribution >= 4 is 15.8 Å². The van der Waals surface area contributed by atoms with E-state index in [1.165, 1.54) is 4.31 Å². The van der Waals surface area contributed by atoms with Gasteiger partial charge in [-0.25, -0.2) is 8.42 Å². The first-order valence-electron chi connectivity index (χ1n) is 10.3. The number of ether oxygens (including phenoxy) is 2. The Kier molecular flexibility index (Phi) is 6.30. The molecule has 0 atom stereocenters. The van der Waals surface area contributed by atoms with Gasteiger partial charge in [-0.2, -0.15) is 4.31 Å². The third-order valence-corrected chi connectivity index (χ3v) is 7.41. The fraction of sp³-hybridized carbons (Fsp3) is 0.240. The maximum Gasteiger partial charge on any atom is 0.243 e. The lowest BCUT2D eigenvalue weighted by Crippen LogP contribution is -2.30. The number of nitrogens with zero attached hydrogens (tertiary/aromatic N) is 1. The minimum atomic E-state index is -3.81. The van der Waals surface area contributed by atoms with Crippen molar-refractivity contribution in [1.29, 1.82) is 0 Å². The summed E-state index contributed by atoms with van der Waals surface area (Å²) in [4.78, 5) is 12.0. The summed E-state index contributed by atoms with van der Waals surface area (Å²) in [5.41, 5.74) is 3.40. The average molecular weight is 452 g/mol. The van der Waals surface area contributed by atoms with E-state index >= 15 is 0 Å². The summed E-state index contributed by atoms with van der Waals surface area (Å²) < 4.78 is 39.2. The highest BCUT2D eigenvalue weighted by molar-refractivity contribution is 7.89. The standard InChI is InChI=1S/C25H25NO5S/c1-30-23-8-3-18(4-9-23)16-26(17-19-5-10-24(31-2)11-6-19)32(28,29)25-12-7-20-13-22(27)14-21(20)15-25/h3-12,15H,13-14,16-17H2,1-2H3. The van der Waals surface area contributed by atoms with Crippen molar-refractivity contribution in [1.82, 2.24) is 4.31 Å². The molecule has 0 unspecified atom stereocenters. The molecule has 0 saturated carbocycles. The zero-order valence-corrected chi connectivity index (χ0v) is 18.9. The van der Waals surface area contributed by atoms with Crippen LogP contribution in [-0.2, 0) is 40.7 Å². The van der Waals surface area contributed by atoms with Gasteiger partial charge in [-0.3, -0.25) is 4.79 Å². The lowest BCUT2D eigenvalue weighted by molar-refractivity contribution is -0.117. The van der Waals surface area contributed by atoms with Crippen LogP contribution < -0.4 is 9.47 Å². The Morgan fingerprint density at radius 1 is 0.750 bits per heavy atom. The van der Waals surface area contributed by atoms with Crippen LogP contribution in [0.5, 0.6) is 11.5 Å². The van der Waals surface area contributed by atoms with Gasteiger partial charge in [-0.1, -0.05) is 30.3 Å². The van der Waals surface area contributed by atoms with Crippen LogP contribution in [0.2, 0.25) is 0 Å². The average Bonchev–Trinajstić information content (AvgIpc) is 3.18. The molecule has 0 radical (unpaired) electrons. The van der Waals surface area contributed by atoms with E-state index in [9.17, 15) is 13.2 Å². The van der Waals surface area contributed by atoms with Crippen molar-refractivity contribution in [2.75, 3.05) is 14.2 Å². The van der Waals surface area contributed by atoms with Crippen LogP contribution in [0, 0.1) is 0 Å². The monoisotopic (exact) mass is 451 g/mol. The van der Waals surface area contributed by atoms with Gasteiger partial charge in [0, 0.05) is 25.9 Å². The van der Waals surface area contributed by atoms with Crippen molar-refractivity contribution in [2.24, 2.45) is 0 Å². The molecule has 0 fully saturated rings. The summed E-state index contributed by atoms with van der Waals surface area (Å²) in [6.07, 6.45) is 0.659. The Balaban J connectivity index is 1.67. The van der Waals surface area contributed by atoms with E-state index in [1.807, 2.05) is 48.5 Å². The number of ketones is 1. The first-order valence-corrected chi connectivity index (χ1v) is 11.7. The van der Waals surface area contributed by atoms with E-state index in [-0.39, 0.29) is 30.2 Å². The normalized spacial score (nSPS) is 13.3. The molecular weight excluding hydrogens is 426 g/mol. The second-order valence-electron chi connectivity index (χ2n) is 7.79. The maximum atomic E-state index is 13.7. The Labute approximate surface area is 188 Å². The molecule has 0 N–H and O–H groups in total. The fourth-order valence-corrected chi connectivity index (χ4v) is 5.30. The van der Waals surface area contributed by atoms with E-state index in [4.69, 9.17) is 9.47 Å². The van der Waals surface area contributed by atoms with Gasteiger partial charge < -0.3 is 9.47 Å². The van der Waals surface area contributed by atoms with Crippen molar-refractivity contribution in [3.8, 4) is 11.5 Å². The summed E-state index contributed by atoms with van der Waals surface area (Å²) >= 11 is 0. The zero-order valence-electron chi connectivity index (χ0n) is 18.1. The molecule has 4 rings (SSSR count). The third-order valence-electron chi connectivity index (χ3n) is 5.63. The molecule has 0 spiro atoms. The van der Waals surface area contributed by atoms with Crippen molar-refractivity contribution < 1.29 is 22.7 Å². The number of hydrogen-bond acceptors (Lipinski definition) is 5. The molecule has 6 nitrogen and oxygen atoms in total. The minimum absolute atomic E-state index is 0.114. The Morgan fingerprint density at radius 2 is 1.25 bits per heavy atom. The van der Waals surface area contributed by atoms with Crippen LogP contribution >= 0.6 is 0 Å². The van der Waals surface area contributed by atoms with Gasteiger partial charge in [-0.15, -0.1) is 0 Å². The molecule has 0 saturated heterocycles. The molecule has 7 heteroatoms. The van der Waals surface area contributed by atoms with Crippen LogP contribution in [0.4, 0.5) is 0 Å². The molecule has 0 heterocycles. The fourth-order valence-electron chi connectivity index (χ4n) is 3.83. The van der Waals surface area contributed by atoms with Gasteiger partial charge >= 0.3 is 0 Å². The van der Waals surface area contributed by atoms with Gasteiger partial charge in [0.1, 0.15) is 17.3 Å². The summed E-state index contributed by atoms with van der Waals surface area (Å²) in [6, 6.07) is 19.7. The number of benzene rings is 3. The topological polar surface area (TPSA) is 72.9 Å². The van der Waals surface area contributed by atoms with E-state index < -0.39 is 10.0 Å². The number of fused-ring (bicyclic) bond motifs is 1. The molecule has 3 aromatic rings. The van der Waals surface area contributed by atoms with Gasteiger partial charge in [0.25, 0.3) is 0 Å². The largest absolute Gasteiger partial charge is 0.497 e. The highest BCUT2D eigenvalue weighted by Crippen LogP contribution is 2.27. The van der Waals surface area contributed by atoms with Crippen molar-refractivity contribution in [2.45, 2.75) is 30.8 Å². The second kappa shape index (κ2) is 9.14.